The molecule has 2 N–H and O–H groups in total. The first-order chi connectivity index (χ1) is 15.5. The molecule has 4 rings (SSSR count). The molecule has 3 aromatic rings. The van der Waals surface area contributed by atoms with Crippen LogP contribution < -0.4 is 10.5 Å². The number of amides is 2. The third-order valence-corrected chi connectivity index (χ3v) is 5.78. The predicted molar refractivity (Wildman–Crippen MR) is 122 cm³/mol. The number of primary amides is 1. The molecule has 1 aliphatic heterocycles. The summed E-state index contributed by atoms with van der Waals surface area (Å²) >= 11 is 0. The summed E-state index contributed by atoms with van der Waals surface area (Å²) in [7, 11) is 1.53. The molecule has 0 saturated carbocycles. The highest BCUT2D eigenvalue weighted by molar-refractivity contribution is 5.97. The van der Waals surface area contributed by atoms with E-state index in [1.807, 2.05) is 60.7 Å². The lowest BCUT2D eigenvalue weighted by molar-refractivity contribution is -0.153. The second-order valence-electron chi connectivity index (χ2n) is 7.88. The van der Waals surface area contributed by atoms with E-state index in [0.29, 0.717) is 17.9 Å². The van der Waals surface area contributed by atoms with Gasteiger partial charge in [0.15, 0.2) is 5.60 Å². The Morgan fingerprint density at radius 2 is 1.72 bits per heavy atom. The van der Waals surface area contributed by atoms with Crippen LogP contribution in [0.3, 0.4) is 0 Å². The van der Waals surface area contributed by atoms with Crippen LogP contribution in [0.5, 0.6) is 5.75 Å². The van der Waals surface area contributed by atoms with E-state index in [0.717, 1.165) is 16.7 Å². The number of carbonyl (C=O) groups is 2. The minimum absolute atomic E-state index is 0.0782. The highest BCUT2D eigenvalue weighted by Crippen LogP contribution is 2.28. The van der Waals surface area contributed by atoms with E-state index in [4.69, 9.17) is 15.2 Å². The van der Waals surface area contributed by atoms with Crippen LogP contribution in [0.1, 0.15) is 15.9 Å². The summed E-state index contributed by atoms with van der Waals surface area (Å²) in [6.45, 7) is 0.674. The van der Waals surface area contributed by atoms with Crippen molar-refractivity contribution in [1.82, 2.24) is 4.90 Å². The summed E-state index contributed by atoms with van der Waals surface area (Å²) < 4.78 is 11.3. The van der Waals surface area contributed by atoms with Crippen molar-refractivity contribution in [3.63, 3.8) is 0 Å². The number of hydrogen-bond acceptors (Lipinski definition) is 4. The van der Waals surface area contributed by atoms with Crippen molar-refractivity contribution in [2.24, 2.45) is 5.73 Å². The van der Waals surface area contributed by atoms with Crippen LogP contribution in [-0.4, -0.2) is 49.1 Å². The fourth-order valence-corrected chi connectivity index (χ4v) is 4.11. The summed E-state index contributed by atoms with van der Waals surface area (Å²) in [5, 5.41) is 0. The van der Waals surface area contributed by atoms with Crippen molar-refractivity contribution in [3.8, 4) is 16.9 Å². The smallest absolute Gasteiger partial charge is 0.257 e. The Kier molecular flexibility index (Phi) is 6.23. The van der Waals surface area contributed by atoms with Gasteiger partial charge in [0.05, 0.1) is 25.8 Å². The van der Waals surface area contributed by atoms with Gasteiger partial charge in [-0.2, -0.15) is 0 Å². The minimum Gasteiger partial charge on any atom is -0.496 e. The van der Waals surface area contributed by atoms with Gasteiger partial charge in [0, 0.05) is 13.0 Å². The van der Waals surface area contributed by atoms with Gasteiger partial charge in [-0.3, -0.25) is 9.59 Å². The third kappa shape index (κ3) is 4.36. The molecule has 1 saturated heterocycles. The summed E-state index contributed by atoms with van der Waals surface area (Å²) in [6, 6.07) is 25.0. The Balaban J connectivity index is 1.60. The Hall–Kier alpha value is -3.64. The van der Waals surface area contributed by atoms with Gasteiger partial charge in [-0.1, -0.05) is 66.7 Å². The number of nitrogens with zero attached hydrogens (tertiary/aromatic N) is 1. The SMILES string of the molecule is COc1ccccc1C(=O)N1CCO[C@](Cc2cccc(-c3ccccc3)c2)(C(N)=O)C1. The number of morpholine rings is 1. The van der Waals surface area contributed by atoms with Crippen molar-refractivity contribution in [2.45, 2.75) is 12.0 Å². The van der Waals surface area contributed by atoms with Crippen molar-refractivity contribution in [3.05, 3.63) is 90.0 Å². The molecule has 0 aromatic heterocycles. The first kappa shape index (κ1) is 21.6. The number of carbonyl (C=O) groups excluding carboxylic acids is 2. The van der Waals surface area contributed by atoms with Gasteiger partial charge >= 0.3 is 0 Å². The van der Waals surface area contributed by atoms with Gasteiger partial charge in [0.2, 0.25) is 0 Å². The van der Waals surface area contributed by atoms with Crippen molar-refractivity contribution < 1.29 is 19.1 Å². The lowest BCUT2D eigenvalue weighted by Gasteiger charge is -2.41. The molecule has 6 nitrogen and oxygen atoms in total. The van der Waals surface area contributed by atoms with Gasteiger partial charge in [0.1, 0.15) is 5.75 Å². The maximum absolute atomic E-state index is 13.2. The molecule has 0 spiro atoms. The van der Waals surface area contributed by atoms with E-state index in [1.54, 1.807) is 23.1 Å². The van der Waals surface area contributed by atoms with E-state index in [9.17, 15) is 9.59 Å². The second kappa shape index (κ2) is 9.24. The standard InChI is InChI=1S/C26H26N2O4/c1-31-23-13-6-5-12-22(23)24(29)28-14-15-32-26(18-28,25(27)30)17-19-8-7-11-21(16-19)20-9-3-2-4-10-20/h2-13,16H,14-15,17-18H2,1H3,(H2,27,30)/t26-/m0/s1. The lowest BCUT2D eigenvalue weighted by atomic mass is 9.90. The maximum Gasteiger partial charge on any atom is 0.257 e. The topological polar surface area (TPSA) is 81.9 Å². The van der Waals surface area contributed by atoms with Gasteiger partial charge in [-0.15, -0.1) is 0 Å². The summed E-state index contributed by atoms with van der Waals surface area (Å²) in [5.41, 5.74) is 8.01. The predicted octanol–water partition coefficient (Wildman–Crippen LogP) is 3.30. The number of hydrogen-bond donors (Lipinski definition) is 1. The van der Waals surface area contributed by atoms with Crippen LogP contribution in [0, 0.1) is 0 Å². The van der Waals surface area contributed by atoms with E-state index in [-0.39, 0.29) is 25.5 Å². The summed E-state index contributed by atoms with van der Waals surface area (Å²) in [6.07, 6.45) is 0.276. The molecule has 1 fully saturated rings. The zero-order valence-corrected chi connectivity index (χ0v) is 18.0. The van der Waals surface area contributed by atoms with E-state index in [1.165, 1.54) is 7.11 Å². The first-order valence-electron chi connectivity index (χ1n) is 10.5. The van der Waals surface area contributed by atoms with Crippen LogP contribution in [0.25, 0.3) is 11.1 Å². The highest BCUT2D eigenvalue weighted by atomic mass is 16.5. The molecule has 1 atom stereocenters. The van der Waals surface area contributed by atoms with Crippen LogP contribution in [0.2, 0.25) is 0 Å². The molecule has 0 aliphatic carbocycles. The van der Waals surface area contributed by atoms with Crippen LogP contribution in [-0.2, 0) is 16.0 Å². The first-order valence-corrected chi connectivity index (χ1v) is 10.5. The average Bonchev–Trinajstić information content (AvgIpc) is 2.84. The molecule has 3 aromatic carbocycles. The van der Waals surface area contributed by atoms with Gasteiger partial charge in [0.25, 0.3) is 11.8 Å². The fourth-order valence-electron chi connectivity index (χ4n) is 4.11. The quantitative estimate of drug-likeness (QED) is 0.651. The molecule has 0 unspecified atom stereocenters. The molecule has 1 aliphatic rings. The van der Waals surface area contributed by atoms with E-state index in [2.05, 4.69) is 0 Å². The molecule has 1 heterocycles. The molecule has 32 heavy (non-hydrogen) atoms. The molecule has 164 valence electrons. The highest BCUT2D eigenvalue weighted by Gasteiger charge is 2.44. The normalized spacial score (nSPS) is 18.2. The number of ether oxygens (including phenoxy) is 2. The molecular weight excluding hydrogens is 404 g/mol. The monoisotopic (exact) mass is 430 g/mol. The Morgan fingerprint density at radius 1 is 1.00 bits per heavy atom. The van der Waals surface area contributed by atoms with Gasteiger partial charge in [-0.25, -0.2) is 0 Å². The zero-order valence-electron chi connectivity index (χ0n) is 18.0. The minimum atomic E-state index is -1.30. The number of para-hydroxylation sites is 1. The van der Waals surface area contributed by atoms with E-state index < -0.39 is 11.5 Å². The summed E-state index contributed by atoms with van der Waals surface area (Å²) in [5.74, 6) is -0.307. The Labute approximate surface area is 187 Å². The van der Waals surface area contributed by atoms with Crippen LogP contribution in [0.4, 0.5) is 0 Å². The largest absolute Gasteiger partial charge is 0.496 e. The molecule has 0 radical (unpaired) electrons. The van der Waals surface area contributed by atoms with Crippen LogP contribution >= 0.6 is 0 Å². The van der Waals surface area contributed by atoms with Gasteiger partial charge < -0.3 is 20.1 Å². The lowest BCUT2D eigenvalue weighted by Crippen LogP contribution is -2.61. The zero-order chi connectivity index (χ0) is 22.6. The number of methoxy groups -OCH3 is 1. The number of nitrogens with two attached hydrogens (primary N) is 1. The Morgan fingerprint density at radius 3 is 2.47 bits per heavy atom. The summed E-state index contributed by atoms with van der Waals surface area (Å²) in [4.78, 5) is 27.4. The number of benzene rings is 3. The molecular formula is C26H26N2O4. The van der Waals surface area contributed by atoms with Crippen molar-refractivity contribution in [2.75, 3.05) is 26.8 Å². The van der Waals surface area contributed by atoms with Crippen LogP contribution in [0.15, 0.2) is 78.9 Å². The second-order valence-corrected chi connectivity index (χ2v) is 7.88. The average molecular weight is 431 g/mol. The van der Waals surface area contributed by atoms with Gasteiger partial charge in [-0.05, 0) is 28.8 Å². The van der Waals surface area contributed by atoms with E-state index >= 15 is 0 Å². The molecule has 6 heteroatoms. The Bertz CT molecular complexity index is 1120. The molecule has 0 bridgehead atoms. The van der Waals surface area contributed by atoms with Crippen molar-refractivity contribution in [1.29, 1.82) is 0 Å². The maximum atomic E-state index is 13.2. The van der Waals surface area contributed by atoms with Crippen molar-refractivity contribution >= 4 is 11.8 Å². The third-order valence-electron chi connectivity index (χ3n) is 5.78. The fraction of sp³-hybridized carbons (Fsp3) is 0.231. The molecule has 2 amide bonds. The number of rotatable bonds is 6.